The number of amides is 2. The van der Waals surface area contributed by atoms with Crippen molar-refractivity contribution in [2.24, 2.45) is 0 Å². The van der Waals surface area contributed by atoms with Crippen LogP contribution in [-0.4, -0.2) is 52.0 Å². The molecule has 1 aromatic rings. The van der Waals surface area contributed by atoms with Crippen molar-refractivity contribution in [3.05, 3.63) is 29.6 Å². The summed E-state index contributed by atoms with van der Waals surface area (Å²) in [5.41, 5.74) is 1.12. The number of likely N-dealkylation sites (tertiary alicyclic amines) is 1. The van der Waals surface area contributed by atoms with Crippen LogP contribution in [0.1, 0.15) is 23.1 Å². The first-order valence-electron chi connectivity index (χ1n) is 6.15. The molecule has 0 bridgehead atoms. The van der Waals surface area contributed by atoms with Crippen molar-refractivity contribution >= 4 is 11.8 Å². The zero-order chi connectivity index (χ0) is 14.0. The van der Waals surface area contributed by atoms with E-state index in [2.05, 4.69) is 10.3 Å². The lowest BCUT2D eigenvalue weighted by molar-refractivity contribution is -0.120. The van der Waals surface area contributed by atoms with Crippen LogP contribution in [0.15, 0.2) is 18.2 Å². The molecule has 2 amide bonds. The molecule has 6 heteroatoms. The number of hydrogen-bond donors (Lipinski definition) is 2. The summed E-state index contributed by atoms with van der Waals surface area (Å²) < 4.78 is 0. The molecule has 6 nitrogen and oxygen atoms in total. The van der Waals surface area contributed by atoms with E-state index < -0.39 is 12.1 Å². The summed E-state index contributed by atoms with van der Waals surface area (Å²) in [5, 5.41) is 12.5. The van der Waals surface area contributed by atoms with Gasteiger partial charge in [0.25, 0.3) is 5.91 Å². The van der Waals surface area contributed by atoms with E-state index in [4.69, 9.17) is 0 Å². The zero-order valence-corrected chi connectivity index (χ0v) is 11.0. The quantitative estimate of drug-likeness (QED) is 0.768. The Morgan fingerprint density at radius 2 is 2.16 bits per heavy atom. The number of carbonyl (C=O) groups excluding carboxylic acids is 2. The molecule has 2 N–H and O–H groups in total. The van der Waals surface area contributed by atoms with Gasteiger partial charge in [0.2, 0.25) is 5.91 Å². The van der Waals surface area contributed by atoms with Crippen LogP contribution in [0.3, 0.4) is 0 Å². The van der Waals surface area contributed by atoms with Crippen LogP contribution >= 0.6 is 0 Å². The van der Waals surface area contributed by atoms with E-state index in [0.717, 1.165) is 5.69 Å². The lowest BCUT2D eigenvalue weighted by atomic mass is 10.2. The first-order valence-corrected chi connectivity index (χ1v) is 6.15. The van der Waals surface area contributed by atoms with E-state index in [1.165, 1.54) is 11.8 Å². The molecular weight excluding hydrogens is 246 g/mol. The molecule has 0 aliphatic carbocycles. The minimum absolute atomic E-state index is 0.208. The second-order valence-electron chi connectivity index (χ2n) is 4.75. The van der Waals surface area contributed by atoms with E-state index in [1.807, 2.05) is 13.0 Å². The summed E-state index contributed by atoms with van der Waals surface area (Å²) in [7, 11) is 0. The smallest absolute Gasteiger partial charge is 0.272 e. The fourth-order valence-corrected chi connectivity index (χ4v) is 2.18. The largest absolute Gasteiger partial charge is 0.389 e. The Balaban J connectivity index is 2.07. The second-order valence-corrected chi connectivity index (χ2v) is 4.75. The van der Waals surface area contributed by atoms with Gasteiger partial charge >= 0.3 is 0 Å². The van der Waals surface area contributed by atoms with E-state index in [9.17, 15) is 14.7 Å². The predicted molar refractivity (Wildman–Crippen MR) is 68.5 cm³/mol. The van der Waals surface area contributed by atoms with Crippen LogP contribution in [0.2, 0.25) is 0 Å². The lowest BCUT2D eigenvalue weighted by Crippen LogP contribution is -2.41. The van der Waals surface area contributed by atoms with Gasteiger partial charge in [-0.3, -0.25) is 9.59 Å². The van der Waals surface area contributed by atoms with Crippen LogP contribution in [-0.2, 0) is 4.79 Å². The summed E-state index contributed by atoms with van der Waals surface area (Å²) >= 11 is 0. The molecular formula is C13H17N3O3. The van der Waals surface area contributed by atoms with Crippen LogP contribution < -0.4 is 5.32 Å². The van der Waals surface area contributed by atoms with Crippen LogP contribution in [0.25, 0.3) is 0 Å². The van der Waals surface area contributed by atoms with Gasteiger partial charge in [-0.15, -0.1) is 0 Å². The third-order valence-electron chi connectivity index (χ3n) is 3.07. The molecule has 0 saturated carbocycles. The Morgan fingerprint density at radius 3 is 2.79 bits per heavy atom. The van der Waals surface area contributed by atoms with Gasteiger partial charge in [-0.05, 0) is 19.1 Å². The number of aryl methyl sites for hydroxylation is 1. The molecule has 2 rings (SSSR count). The van der Waals surface area contributed by atoms with Crippen LogP contribution in [0.4, 0.5) is 0 Å². The molecule has 1 fully saturated rings. The summed E-state index contributed by atoms with van der Waals surface area (Å²) in [6.07, 6.45) is -0.738. The number of aliphatic hydroxyl groups excluding tert-OH is 1. The van der Waals surface area contributed by atoms with Crippen molar-refractivity contribution in [1.82, 2.24) is 15.2 Å². The summed E-state index contributed by atoms with van der Waals surface area (Å²) in [6, 6.07) is 4.82. The van der Waals surface area contributed by atoms with Gasteiger partial charge < -0.3 is 15.3 Å². The normalized spacial score (nSPS) is 22.4. The van der Waals surface area contributed by atoms with Crippen LogP contribution in [0, 0.1) is 6.92 Å². The minimum atomic E-state index is -0.738. The van der Waals surface area contributed by atoms with Crippen LogP contribution in [0.5, 0.6) is 0 Å². The van der Waals surface area contributed by atoms with E-state index in [-0.39, 0.29) is 18.4 Å². The number of aromatic nitrogens is 1. The number of hydrogen-bond acceptors (Lipinski definition) is 4. The minimum Gasteiger partial charge on any atom is -0.389 e. The van der Waals surface area contributed by atoms with Gasteiger partial charge in [-0.25, -0.2) is 4.98 Å². The summed E-state index contributed by atoms with van der Waals surface area (Å²) in [5.74, 6) is -0.442. The Morgan fingerprint density at radius 1 is 1.42 bits per heavy atom. The molecule has 19 heavy (non-hydrogen) atoms. The number of rotatable bonds is 2. The SMILES string of the molecule is CC(=O)N[C@@H]1CN(C(=O)c2cccc(C)n2)C[C@H]1O. The number of carbonyl (C=O) groups is 2. The van der Waals surface area contributed by atoms with Gasteiger partial charge in [0.05, 0.1) is 12.1 Å². The first kappa shape index (κ1) is 13.5. The molecule has 2 atom stereocenters. The predicted octanol–water partition coefficient (Wildman–Crippen LogP) is -0.289. The number of nitrogens with one attached hydrogen (secondary N) is 1. The van der Waals surface area contributed by atoms with Crippen molar-refractivity contribution < 1.29 is 14.7 Å². The highest BCUT2D eigenvalue weighted by atomic mass is 16.3. The van der Waals surface area contributed by atoms with Crippen molar-refractivity contribution in [2.45, 2.75) is 26.0 Å². The average Bonchev–Trinajstić information content (AvgIpc) is 2.69. The third-order valence-corrected chi connectivity index (χ3v) is 3.07. The maximum Gasteiger partial charge on any atom is 0.272 e. The summed E-state index contributed by atoms with van der Waals surface area (Å²) in [6.45, 7) is 3.71. The highest BCUT2D eigenvalue weighted by Gasteiger charge is 2.35. The lowest BCUT2D eigenvalue weighted by Gasteiger charge is -2.16. The number of β-amino-alcohol motifs (C(OH)–C–C–N with tert-alkyl or cyclic N) is 1. The molecule has 1 aliphatic heterocycles. The molecule has 0 spiro atoms. The van der Waals surface area contributed by atoms with E-state index >= 15 is 0 Å². The standard InChI is InChI=1S/C13H17N3O3/c1-8-4-3-5-10(14-8)13(19)16-6-11(12(18)7-16)15-9(2)17/h3-5,11-12,18H,6-7H2,1-2H3,(H,15,17)/t11-,12-/m1/s1. The van der Waals surface area contributed by atoms with Gasteiger partial charge in [0, 0.05) is 25.7 Å². The molecule has 0 radical (unpaired) electrons. The highest BCUT2D eigenvalue weighted by Crippen LogP contribution is 2.13. The highest BCUT2D eigenvalue weighted by molar-refractivity contribution is 5.92. The maximum absolute atomic E-state index is 12.2. The topological polar surface area (TPSA) is 82.5 Å². The fourth-order valence-electron chi connectivity index (χ4n) is 2.18. The van der Waals surface area contributed by atoms with Crippen molar-refractivity contribution in [2.75, 3.05) is 13.1 Å². The fraction of sp³-hybridized carbons (Fsp3) is 0.462. The molecule has 1 aromatic heterocycles. The summed E-state index contributed by atoms with van der Waals surface area (Å²) in [4.78, 5) is 28.9. The van der Waals surface area contributed by atoms with E-state index in [1.54, 1.807) is 12.1 Å². The maximum atomic E-state index is 12.2. The molecule has 1 aliphatic rings. The third kappa shape index (κ3) is 3.08. The van der Waals surface area contributed by atoms with Crippen molar-refractivity contribution in [3.63, 3.8) is 0 Å². The number of pyridine rings is 1. The molecule has 102 valence electrons. The Bertz CT molecular complexity index is 504. The molecule has 1 saturated heterocycles. The van der Waals surface area contributed by atoms with Gasteiger partial charge in [-0.1, -0.05) is 6.07 Å². The average molecular weight is 263 g/mol. The molecule has 2 heterocycles. The molecule has 0 unspecified atom stereocenters. The second kappa shape index (κ2) is 5.36. The van der Waals surface area contributed by atoms with Gasteiger partial charge in [-0.2, -0.15) is 0 Å². The Kier molecular flexibility index (Phi) is 3.80. The number of nitrogens with zero attached hydrogens (tertiary/aromatic N) is 2. The zero-order valence-electron chi connectivity index (χ0n) is 11.0. The van der Waals surface area contributed by atoms with E-state index in [0.29, 0.717) is 12.2 Å². The Hall–Kier alpha value is -1.95. The monoisotopic (exact) mass is 263 g/mol. The van der Waals surface area contributed by atoms with Crippen molar-refractivity contribution in [3.8, 4) is 0 Å². The Labute approximate surface area is 111 Å². The van der Waals surface area contributed by atoms with Gasteiger partial charge in [0.15, 0.2) is 0 Å². The van der Waals surface area contributed by atoms with Crippen molar-refractivity contribution in [1.29, 1.82) is 0 Å². The molecule has 0 aromatic carbocycles. The first-order chi connectivity index (χ1) is 8.97. The van der Waals surface area contributed by atoms with Gasteiger partial charge in [0.1, 0.15) is 5.69 Å². The number of aliphatic hydroxyl groups is 1.